The molecule has 1 aromatic carbocycles. The van der Waals surface area contributed by atoms with E-state index in [9.17, 15) is 4.79 Å². The van der Waals surface area contributed by atoms with Gasteiger partial charge in [-0.15, -0.1) is 0 Å². The van der Waals surface area contributed by atoms with E-state index in [0.29, 0.717) is 11.3 Å². The molecule has 1 amide bonds. The van der Waals surface area contributed by atoms with Crippen molar-refractivity contribution in [1.82, 2.24) is 0 Å². The number of rotatable bonds is 2. The predicted molar refractivity (Wildman–Crippen MR) is 83.2 cm³/mol. The van der Waals surface area contributed by atoms with Crippen molar-refractivity contribution in [2.75, 3.05) is 5.32 Å². The van der Waals surface area contributed by atoms with Gasteiger partial charge in [0, 0.05) is 17.3 Å². The number of benzene rings is 1. The van der Waals surface area contributed by atoms with Crippen LogP contribution in [0.4, 0.5) is 5.69 Å². The molecule has 0 spiro atoms. The molecule has 3 unspecified atom stereocenters. The van der Waals surface area contributed by atoms with Crippen molar-refractivity contribution in [2.24, 2.45) is 17.1 Å². The molecule has 4 nitrogen and oxygen atoms in total. The van der Waals surface area contributed by atoms with E-state index in [1.54, 1.807) is 0 Å². The molecular weight excluding hydrogens is 264 g/mol. The van der Waals surface area contributed by atoms with E-state index >= 15 is 0 Å². The van der Waals surface area contributed by atoms with E-state index in [1.807, 2.05) is 18.2 Å². The molecule has 3 rings (SSSR count). The lowest BCUT2D eigenvalue weighted by molar-refractivity contribution is -0.116. The number of amides is 1. The fraction of sp³-hybridized carbons (Fsp3) is 0.588. The minimum atomic E-state index is -0.553. The molecule has 114 valence electrons. The fourth-order valence-electron chi connectivity index (χ4n) is 3.88. The third-order valence-electron chi connectivity index (χ3n) is 4.55. The average Bonchev–Trinajstić information content (AvgIpc) is 2.62. The van der Waals surface area contributed by atoms with Gasteiger partial charge in [-0.2, -0.15) is 0 Å². The molecule has 21 heavy (non-hydrogen) atoms. The molecule has 0 bridgehead atoms. The van der Waals surface area contributed by atoms with Gasteiger partial charge in [0.05, 0.1) is 6.10 Å². The van der Waals surface area contributed by atoms with Crippen LogP contribution in [0.1, 0.15) is 51.6 Å². The number of fused-ring (bicyclic) bond motifs is 1. The van der Waals surface area contributed by atoms with E-state index in [-0.39, 0.29) is 12.0 Å². The van der Waals surface area contributed by atoms with Crippen LogP contribution in [0, 0.1) is 11.3 Å². The third-order valence-corrected chi connectivity index (χ3v) is 4.55. The van der Waals surface area contributed by atoms with Gasteiger partial charge in [0.2, 0.25) is 5.91 Å². The largest absolute Gasteiger partial charge is 0.490 e. The Morgan fingerprint density at radius 3 is 2.81 bits per heavy atom. The lowest BCUT2D eigenvalue weighted by Gasteiger charge is -2.38. The van der Waals surface area contributed by atoms with Crippen LogP contribution in [-0.4, -0.2) is 12.0 Å². The van der Waals surface area contributed by atoms with Crippen molar-refractivity contribution in [1.29, 1.82) is 0 Å². The second kappa shape index (κ2) is 5.02. The zero-order chi connectivity index (χ0) is 15.2. The molecule has 4 heteroatoms. The summed E-state index contributed by atoms with van der Waals surface area (Å²) in [4.78, 5) is 11.6. The zero-order valence-corrected chi connectivity index (χ0v) is 13.0. The average molecular weight is 288 g/mol. The van der Waals surface area contributed by atoms with E-state index in [4.69, 9.17) is 10.5 Å². The van der Waals surface area contributed by atoms with Crippen LogP contribution in [0.3, 0.4) is 0 Å². The minimum Gasteiger partial charge on any atom is -0.490 e. The molecule has 1 saturated carbocycles. The number of anilines is 1. The number of nitrogens with two attached hydrogens (primary N) is 1. The van der Waals surface area contributed by atoms with Gasteiger partial charge in [0.15, 0.2) is 0 Å². The Labute approximate surface area is 126 Å². The van der Waals surface area contributed by atoms with Crippen LogP contribution < -0.4 is 15.8 Å². The van der Waals surface area contributed by atoms with Crippen LogP contribution >= 0.6 is 0 Å². The van der Waals surface area contributed by atoms with Gasteiger partial charge in [-0.25, -0.2) is 0 Å². The quantitative estimate of drug-likeness (QED) is 0.878. The Morgan fingerprint density at radius 1 is 1.33 bits per heavy atom. The maximum absolute atomic E-state index is 11.6. The predicted octanol–water partition coefficient (Wildman–Crippen LogP) is 3.23. The Bertz CT molecular complexity index is 568. The van der Waals surface area contributed by atoms with Crippen LogP contribution in [0.15, 0.2) is 18.2 Å². The maximum atomic E-state index is 11.6. The second-order valence-corrected chi connectivity index (χ2v) is 7.37. The van der Waals surface area contributed by atoms with E-state index in [1.165, 1.54) is 6.42 Å². The number of carbonyl (C=O) groups excluding carboxylic acids is 1. The highest BCUT2D eigenvalue weighted by Crippen LogP contribution is 2.40. The van der Waals surface area contributed by atoms with Gasteiger partial charge in [0.25, 0.3) is 0 Å². The second-order valence-electron chi connectivity index (χ2n) is 7.37. The molecule has 2 aliphatic rings. The molecule has 3 N–H and O–H groups in total. The van der Waals surface area contributed by atoms with Crippen molar-refractivity contribution in [3.05, 3.63) is 23.8 Å². The Balaban J connectivity index is 1.74. The highest BCUT2D eigenvalue weighted by molar-refractivity contribution is 6.02. The molecule has 1 fully saturated rings. The Morgan fingerprint density at radius 2 is 2.10 bits per heavy atom. The standard InChI is InChI=1S/C17H24N2O2/c1-10-6-12(9-17(2,3)8-10)21-11-4-5-13-14(7-11)19-16(20)15(13)18/h4-5,7,10,12,15H,6,8-9,18H2,1-3H3,(H,19,20). The van der Waals surface area contributed by atoms with E-state index < -0.39 is 6.04 Å². The highest BCUT2D eigenvalue weighted by Gasteiger charge is 2.33. The summed E-state index contributed by atoms with van der Waals surface area (Å²) in [5.74, 6) is 1.36. The highest BCUT2D eigenvalue weighted by atomic mass is 16.5. The molecule has 1 heterocycles. The van der Waals surface area contributed by atoms with Crippen LogP contribution in [0.25, 0.3) is 0 Å². The number of carbonyl (C=O) groups is 1. The van der Waals surface area contributed by atoms with E-state index in [2.05, 4.69) is 26.1 Å². The molecular formula is C17H24N2O2. The number of nitrogens with one attached hydrogen (secondary N) is 1. The first-order chi connectivity index (χ1) is 9.84. The number of hydrogen-bond acceptors (Lipinski definition) is 3. The summed E-state index contributed by atoms with van der Waals surface area (Å²) < 4.78 is 6.16. The van der Waals surface area contributed by atoms with Gasteiger partial charge < -0.3 is 15.8 Å². The molecule has 1 aliphatic carbocycles. The molecule has 1 aromatic rings. The topological polar surface area (TPSA) is 64.3 Å². The molecule has 1 aliphatic heterocycles. The van der Waals surface area contributed by atoms with Crippen molar-refractivity contribution in [2.45, 2.75) is 52.2 Å². The first kappa shape index (κ1) is 14.4. The van der Waals surface area contributed by atoms with Gasteiger partial charge in [-0.05, 0) is 36.7 Å². The smallest absolute Gasteiger partial charge is 0.245 e. The molecule has 0 saturated heterocycles. The number of ether oxygens (including phenoxy) is 1. The SMILES string of the molecule is CC1CC(Oc2ccc3c(c2)NC(=O)C3N)CC(C)(C)C1. The van der Waals surface area contributed by atoms with Crippen molar-refractivity contribution < 1.29 is 9.53 Å². The van der Waals surface area contributed by atoms with Gasteiger partial charge in [0.1, 0.15) is 11.8 Å². The molecule has 3 atom stereocenters. The monoisotopic (exact) mass is 288 g/mol. The van der Waals surface area contributed by atoms with Gasteiger partial charge >= 0.3 is 0 Å². The lowest BCUT2D eigenvalue weighted by atomic mass is 9.71. The summed E-state index contributed by atoms with van der Waals surface area (Å²) in [7, 11) is 0. The van der Waals surface area contributed by atoms with Crippen LogP contribution in [0.2, 0.25) is 0 Å². The first-order valence-electron chi connectivity index (χ1n) is 7.71. The zero-order valence-electron chi connectivity index (χ0n) is 13.0. The van der Waals surface area contributed by atoms with Crippen molar-refractivity contribution in [3.63, 3.8) is 0 Å². The summed E-state index contributed by atoms with van der Waals surface area (Å²) >= 11 is 0. The van der Waals surface area contributed by atoms with Gasteiger partial charge in [-0.1, -0.05) is 26.8 Å². The summed E-state index contributed by atoms with van der Waals surface area (Å²) in [5, 5.41) is 2.81. The van der Waals surface area contributed by atoms with Gasteiger partial charge in [-0.3, -0.25) is 4.79 Å². The normalized spacial score (nSPS) is 30.7. The van der Waals surface area contributed by atoms with Crippen molar-refractivity contribution >= 4 is 11.6 Å². The summed E-state index contributed by atoms with van der Waals surface area (Å²) in [6, 6.07) is 5.16. The minimum absolute atomic E-state index is 0.144. The Hall–Kier alpha value is -1.55. The Kier molecular flexibility index (Phi) is 3.44. The maximum Gasteiger partial charge on any atom is 0.245 e. The van der Waals surface area contributed by atoms with Crippen LogP contribution in [-0.2, 0) is 4.79 Å². The third kappa shape index (κ3) is 2.91. The van der Waals surface area contributed by atoms with E-state index in [0.717, 1.165) is 29.8 Å². The fourth-order valence-corrected chi connectivity index (χ4v) is 3.88. The lowest BCUT2D eigenvalue weighted by Crippen LogP contribution is -2.34. The summed E-state index contributed by atoms with van der Waals surface area (Å²) in [6.07, 6.45) is 3.65. The van der Waals surface area contributed by atoms with Crippen molar-refractivity contribution in [3.8, 4) is 5.75 Å². The summed E-state index contributed by atoms with van der Waals surface area (Å²) in [5.41, 5.74) is 7.79. The summed E-state index contributed by atoms with van der Waals surface area (Å²) in [6.45, 7) is 6.90. The van der Waals surface area contributed by atoms with Crippen LogP contribution in [0.5, 0.6) is 5.75 Å². The first-order valence-corrected chi connectivity index (χ1v) is 7.71. The number of hydrogen-bond donors (Lipinski definition) is 2. The molecule has 0 aromatic heterocycles. The molecule has 0 radical (unpaired) electrons.